The van der Waals surface area contributed by atoms with Crippen molar-refractivity contribution in [3.8, 4) is 0 Å². The molecule has 18 heavy (non-hydrogen) atoms. The highest BCUT2D eigenvalue weighted by atomic mass is 79.9. The van der Waals surface area contributed by atoms with Crippen molar-refractivity contribution < 1.29 is 17.6 Å². The maximum atomic E-state index is 13.0. The lowest BCUT2D eigenvalue weighted by Crippen LogP contribution is -2.29. The van der Waals surface area contributed by atoms with Gasteiger partial charge in [-0.15, -0.1) is 0 Å². The van der Waals surface area contributed by atoms with Gasteiger partial charge in [-0.2, -0.15) is 0 Å². The summed E-state index contributed by atoms with van der Waals surface area (Å²) in [5, 5.41) is 2.44. The maximum Gasteiger partial charge on any atom is 0.252 e. The van der Waals surface area contributed by atoms with E-state index < -0.39 is 21.6 Å². The van der Waals surface area contributed by atoms with Gasteiger partial charge in [0.15, 0.2) is 9.84 Å². The van der Waals surface area contributed by atoms with Gasteiger partial charge in [0.05, 0.1) is 11.3 Å². The van der Waals surface area contributed by atoms with Crippen molar-refractivity contribution in [2.45, 2.75) is 6.92 Å². The van der Waals surface area contributed by atoms with Gasteiger partial charge in [-0.25, -0.2) is 12.8 Å². The molecule has 0 atom stereocenters. The molecule has 0 aromatic heterocycles. The SMILES string of the molecule is CCS(=O)(=O)CCNC(=O)c1cc(F)ccc1Br. The van der Waals surface area contributed by atoms with E-state index >= 15 is 0 Å². The topological polar surface area (TPSA) is 63.2 Å². The smallest absolute Gasteiger partial charge is 0.252 e. The summed E-state index contributed by atoms with van der Waals surface area (Å²) in [5.41, 5.74) is 0.142. The van der Waals surface area contributed by atoms with Gasteiger partial charge in [0.1, 0.15) is 5.82 Å². The summed E-state index contributed by atoms with van der Waals surface area (Å²) in [7, 11) is -3.12. The third-order valence-electron chi connectivity index (χ3n) is 2.31. The third-order valence-corrected chi connectivity index (χ3v) is 4.71. The highest BCUT2D eigenvalue weighted by Gasteiger charge is 2.12. The largest absolute Gasteiger partial charge is 0.351 e. The molecule has 0 bridgehead atoms. The minimum Gasteiger partial charge on any atom is -0.351 e. The van der Waals surface area contributed by atoms with Crippen LogP contribution in [0.5, 0.6) is 0 Å². The molecule has 1 aromatic rings. The van der Waals surface area contributed by atoms with Crippen molar-refractivity contribution in [3.63, 3.8) is 0 Å². The summed E-state index contributed by atoms with van der Waals surface area (Å²) in [6, 6.07) is 3.74. The molecule has 0 unspecified atom stereocenters. The maximum absolute atomic E-state index is 13.0. The number of halogens is 2. The minimum absolute atomic E-state index is 0.0119. The van der Waals surface area contributed by atoms with Crippen LogP contribution in [0.25, 0.3) is 0 Å². The van der Waals surface area contributed by atoms with Crippen LogP contribution in [0.2, 0.25) is 0 Å². The molecule has 1 N–H and O–H groups in total. The first-order chi connectivity index (χ1) is 8.35. The second-order valence-electron chi connectivity index (χ2n) is 3.62. The summed E-state index contributed by atoms with van der Waals surface area (Å²) >= 11 is 3.13. The van der Waals surface area contributed by atoms with E-state index in [9.17, 15) is 17.6 Å². The first-order valence-corrected chi connectivity index (χ1v) is 7.91. The lowest BCUT2D eigenvalue weighted by molar-refractivity contribution is 0.0955. The van der Waals surface area contributed by atoms with Gasteiger partial charge in [-0.1, -0.05) is 6.92 Å². The number of hydrogen-bond acceptors (Lipinski definition) is 3. The van der Waals surface area contributed by atoms with Crippen LogP contribution in [0.15, 0.2) is 22.7 Å². The molecule has 0 spiro atoms. The van der Waals surface area contributed by atoms with Crippen LogP contribution in [-0.4, -0.2) is 32.4 Å². The van der Waals surface area contributed by atoms with Crippen LogP contribution in [0.4, 0.5) is 4.39 Å². The van der Waals surface area contributed by atoms with Crippen molar-refractivity contribution in [1.29, 1.82) is 0 Å². The van der Waals surface area contributed by atoms with Gasteiger partial charge in [-0.05, 0) is 34.1 Å². The highest BCUT2D eigenvalue weighted by Crippen LogP contribution is 2.17. The molecular formula is C11H13BrFNO3S. The van der Waals surface area contributed by atoms with Gasteiger partial charge >= 0.3 is 0 Å². The van der Waals surface area contributed by atoms with Crippen molar-refractivity contribution in [1.82, 2.24) is 5.32 Å². The monoisotopic (exact) mass is 337 g/mol. The van der Waals surface area contributed by atoms with Crippen LogP contribution < -0.4 is 5.32 Å². The highest BCUT2D eigenvalue weighted by molar-refractivity contribution is 9.10. The quantitative estimate of drug-likeness (QED) is 0.890. The van der Waals surface area contributed by atoms with E-state index in [2.05, 4.69) is 21.2 Å². The van der Waals surface area contributed by atoms with E-state index in [1.165, 1.54) is 12.1 Å². The molecule has 0 aliphatic heterocycles. The first kappa shape index (κ1) is 15.1. The molecule has 7 heteroatoms. The number of carbonyl (C=O) groups is 1. The molecule has 1 amide bonds. The average Bonchev–Trinajstić information content (AvgIpc) is 2.32. The summed E-state index contributed by atoms with van der Waals surface area (Å²) < 4.78 is 35.9. The van der Waals surface area contributed by atoms with Gasteiger partial charge in [0.2, 0.25) is 0 Å². The Kier molecular flexibility index (Phi) is 5.28. The summed E-state index contributed by atoms with van der Waals surface area (Å²) in [6.45, 7) is 1.55. The fraction of sp³-hybridized carbons (Fsp3) is 0.364. The Morgan fingerprint density at radius 3 is 2.72 bits per heavy atom. The van der Waals surface area contributed by atoms with Crippen molar-refractivity contribution in [3.05, 3.63) is 34.1 Å². The van der Waals surface area contributed by atoms with Crippen LogP contribution in [0.1, 0.15) is 17.3 Å². The normalized spacial score (nSPS) is 11.3. The molecule has 0 heterocycles. The van der Waals surface area contributed by atoms with E-state index in [4.69, 9.17) is 0 Å². The number of sulfone groups is 1. The molecule has 4 nitrogen and oxygen atoms in total. The fourth-order valence-electron chi connectivity index (χ4n) is 1.23. The summed E-state index contributed by atoms with van der Waals surface area (Å²) in [4.78, 5) is 11.7. The van der Waals surface area contributed by atoms with E-state index in [-0.39, 0.29) is 23.6 Å². The zero-order valence-electron chi connectivity index (χ0n) is 9.74. The number of rotatable bonds is 5. The Morgan fingerprint density at radius 1 is 1.44 bits per heavy atom. The van der Waals surface area contributed by atoms with E-state index in [0.29, 0.717) is 4.47 Å². The lowest BCUT2D eigenvalue weighted by atomic mass is 10.2. The molecule has 0 aliphatic rings. The predicted octanol–water partition coefficient (Wildman–Crippen LogP) is 1.75. The Bertz CT molecular complexity index is 545. The summed E-state index contributed by atoms with van der Waals surface area (Å²) in [6.07, 6.45) is 0. The number of amides is 1. The zero-order chi connectivity index (χ0) is 13.8. The second-order valence-corrected chi connectivity index (χ2v) is 6.94. The Morgan fingerprint density at radius 2 is 2.11 bits per heavy atom. The minimum atomic E-state index is -3.12. The van der Waals surface area contributed by atoms with Gasteiger partial charge in [0.25, 0.3) is 5.91 Å². The van der Waals surface area contributed by atoms with Crippen LogP contribution in [0, 0.1) is 5.82 Å². The van der Waals surface area contributed by atoms with Crippen LogP contribution in [-0.2, 0) is 9.84 Å². The molecule has 0 saturated heterocycles. The number of nitrogens with one attached hydrogen (secondary N) is 1. The van der Waals surface area contributed by atoms with Crippen molar-refractivity contribution in [2.24, 2.45) is 0 Å². The van der Waals surface area contributed by atoms with E-state index in [1.807, 2.05) is 0 Å². The first-order valence-electron chi connectivity index (χ1n) is 5.29. The molecule has 1 aromatic carbocycles. The van der Waals surface area contributed by atoms with Crippen molar-refractivity contribution >= 4 is 31.7 Å². The molecule has 0 saturated carbocycles. The van der Waals surface area contributed by atoms with Crippen LogP contribution >= 0.6 is 15.9 Å². The van der Waals surface area contributed by atoms with E-state index in [0.717, 1.165) is 6.07 Å². The number of hydrogen-bond donors (Lipinski definition) is 1. The van der Waals surface area contributed by atoms with Crippen LogP contribution in [0.3, 0.4) is 0 Å². The molecule has 0 radical (unpaired) electrons. The predicted molar refractivity (Wildman–Crippen MR) is 70.8 cm³/mol. The Balaban J connectivity index is 2.64. The Hall–Kier alpha value is -0.950. The second kappa shape index (κ2) is 6.29. The molecule has 100 valence electrons. The lowest BCUT2D eigenvalue weighted by Gasteiger charge is -2.07. The van der Waals surface area contributed by atoms with Gasteiger partial charge in [0, 0.05) is 16.8 Å². The number of benzene rings is 1. The number of carbonyl (C=O) groups excluding carboxylic acids is 1. The zero-order valence-corrected chi connectivity index (χ0v) is 12.1. The van der Waals surface area contributed by atoms with Gasteiger partial charge < -0.3 is 5.32 Å². The average molecular weight is 338 g/mol. The Labute approximate surface area is 114 Å². The molecule has 0 fully saturated rings. The van der Waals surface area contributed by atoms with Crippen molar-refractivity contribution in [2.75, 3.05) is 18.1 Å². The fourth-order valence-corrected chi connectivity index (χ4v) is 2.36. The molecule has 1 rings (SSSR count). The van der Waals surface area contributed by atoms with Gasteiger partial charge in [-0.3, -0.25) is 4.79 Å². The standard InChI is InChI=1S/C11H13BrFNO3S/c1-2-18(16,17)6-5-14-11(15)9-7-8(13)3-4-10(9)12/h3-4,7H,2,5-6H2,1H3,(H,14,15). The molecular weight excluding hydrogens is 325 g/mol. The summed E-state index contributed by atoms with van der Waals surface area (Å²) in [5.74, 6) is -1.12. The molecule has 0 aliphatic carbocycles. The third kappa shape index (κ3) is 4.38. The van der Waals surface area contributed by atoms with E-state index in [1.54, 1.807) is 6.92 Å².